The van der Waals surface area contributed by atoms with Crippen LogP contribution < -0.4 is 11.1 Å². The van der Waals surface area contributed by atoms with Crippen molar-refractivity contribution in [3.63, 3.8) is 0 Å². The Bertz CT molecular complexity index is 1170. The van der Waals surface area contributed by atoms with Gasteiger partial charge in [-0.15, -0.1) is 12.4 Å². The SMILES string of the molecule is CC(=O)Nc1c(C2CCC(N)CC2)n(CC2CCCCC2)c2ccc(-c3cccc(C)c3)cc12.Cl. The first-order chi connectivity index (χ1) is 16.5. The number of nitrogens with zero attached hydrogens (tertiary/aromatic N) is 1. The predicted molar refractivity (Wildman–Crippen MR) is 149 cm³/mol. The lowest BCUT2D eigenvalue weighted by molar-refractivity contribution is -0.114. The zero-order valence-corrected chi connectivity index (χ0v) is 22.0. The van der Waals surface area contributed by atoms with E-state index in [9.17, 15) is 4.79 Å². The lowest BCUT2D eigenvalue weighted by Crippen LogP contribution is -2.27. The summed E-state index contributed by atoms with van der Waals surface area (Å²) in [5.41, 5.74) is 13.6. The van der Waals surface area contributed by atoms with E-state index in [-0.39, 0.29) is 18.3 Å². The molecule has 3 N–H and O–H groups in total. The van der Waals surface area contributed by atoms with E-state index in [4.69, 9.17) is 5.73 Å². The summed E-state index contributed by atoms with van der Waals surface area (Å²) in [7, 11) is 0. The van der Waals surface area contributed by atoms with Crippen LogP contribution in [-0.2, 0) is 11.3 Å². The molecule has 0 saturated heterocycles. The monoisotopic (exact) mass is 493 g/mol. The third-order valence-corrected chi connectivity index (χ3v) is 8.08. The first-order valence-electron chi connectivity index (χ1n) is 13.3. The number of aromatic nitrogens is 1. The topological polar surface area (TPSA) is 60.1 Å². The van der Waals surface area contributed by atoms with Gasteiger partial charge in [-0.1, -0.05) is 55.2 Å². The summed E-state index contributed by atoms with van der Waals surface area (Å²) in [5, 5.41) is 4.46. The maximum atomic E-state index is 12.4. The van der Waals surface area contributed by atoms with Crippen LogP contribution in [0.25, 0.3) is 22.0 Å². The number of carbonyl (C=O) groups is 1. The molecule has 3 aromatic rings. The quantitative estimate of drug-likeness (QED) is 0.385. The van der Waals surface area contributed by atoms with Crippen molar-refractivity contribution in [2.24, 2.45) is 11.7 Å². The molecule has 5 rings (SSSR count). The minimum Gasteiger partial charge on any atom is -0.342 e. The van der Waals surface area contributed by atoms with Gasteiger partial charge in [-0.2, -0.15) is 0 Å². The second-order valence-corrected chi connectivity index (χ2v) is 10.8. The molecule has 4 nitrogen and oxygen atoms in total. The fourth-order valence-electron chi connectivity index (χ4n) is 6.33. The third-order valence-electron chi connectivity index (χ3n) is 8.08. The molecule has 188 valence electrons. The van der Waals surface area contributed by atoms with Crippen molar-refractivity contribution in [3.8, 4) is 11.1 Å². The van der Waals surface area contributed by atoms with Gasteiger partial charge in [-0.25, -0.2) is 0 Å². The number of fused-ring (bicyclic) bond motifs is 1. The van der Waals surface area contributed by atoms with Crippen LogP contribution in [0.5, 0.6) is 0 Å². The normalized spacial score (nSPS) is 21.0. The van der Waals surface area contributed by atoms with E-state index in [2.05, 4.69) is 59.3 Å². The third kappa shape index (κ3) is 5.59. The Morgan fingerprint density at radius 2 is 1.69 bits per heavy atom. The van der Waals surface area contributed by atoms with Gasteiger partial charge >= 0.3 is 0 Å². The van der Waals surface area contributed by atoms with Crippen molar-refractivity contribution in [1.29, 1.82) is 0 Å². The van der Waals surface area contributed by atoms with Gasteiger partial charge in [0.05, 0.1) is 11.2 Å². The van der Waals surface area contributed by atoms with Gasteiger partial charge < -0.3 is 15.6 Å². The van der Waals surface area contributed by atoms with Crippen LogP contribution in [0.2, 0.25) is 0 Å². The zero-order valence-electron chi connectivity index (χ0n) is 21.2. The summed E-state index contributed by atoms with van der Waals surface area (Å²) in [4.78, 5) is 12.4. The predicted octanol–water partition coefficient (Wildman–Crippen LogP) is 7.56. The number of anilines is 1. The minimum absolute atomic E-state index is 0. The average molecular weight is 494 g/mol. The summed E-state index contributed by atoms with van der Waals surface area (Å²) in [6.07, 6.45) is 11.0. The average Bonchev–Trinajstić information content (AvgIpc) is 3.12. The Morgan fingerprint density at radius 1 is 0.971 bits per heavy atom. The van der Waals surface area contributed by atoms with E-state index in [1.807, 2.05) is 0 Å². The molecule has 1 aromatic heterocycles. The van der Waals surface area contributed by atoms with Crippen LogP contribution in [-0.4, -0.2) is 16.5 Å². The maximum Gasteiger partial charge on any atom is 0.221 e. The van der Waals surface area contributed by atoms with Crippen molar-refractivity contribution in [2.75, 3.05) is 5.32 Å². The van der Waals surface area contributed by atoms with E-state index >= 15 is 0 Å². The number of rotatable bonds is 5. The van der Waals surface area contributed by atoms with Gasteiger partial charge in [-0.05, 0) is 74.6 Å². The Labute approximate surface area is 216 Å². The molecular formula is C30H40ClN3O. The number of carbonyl (C=O) groups excluding carboxylic acids is 1. The van der Waals surface area contributed by atoms with Crippen molar-refractivity contribution >= 4 is 34.9 Å². The van der Waals surface area contributed by atoms with Crippen LogP contribution in [0.1, 0.15) is 81.9 Å². The fourth-order valence-corrected chi connectivity index (χ4v) is 6.33. The van der Waals surface area contributed by atoms with Crippen LogP contribution in [0.4, 0.5) is 5.69 Å². The Morgan fingerprint density at radius 3 is 2.37 bits per heavy atom. The molecule has 2 fully saturated rings. The van der Waals surface area contributed by atoms with E-state index in [0.29, 0.717) is 12.0 Å². The maximum absolute atomic E-state index is 12.4. The van der Waals surface area contributed by atoms with Crippen molar-refractivity contribution < 1.29 is 4.79 Å². The van der Waals surface area contributed by atoms with Gasteiger partial charge in [0.25, 0.3) is 0 Å². The highest BCUT2D eigenvalue weighted by atomic mass is 35.5. The molecule has 2 aliphatic carbocycles. The highest BCUT2D eigenvalue weighted by molar-refractivity contribution is 6.04. The van der Waals surface area contributed by atoms with Gasteiger partial charge in [-0.3, -0.25) is 4.79 Å². The smallest absolute Gasteiger partial charge is 0.221 e. The number of hydrogen-bond acceptors (Lipinski definition) is 2. The van der Waals surface area contributed by atoms with Gasteiger partial charge in [0.2, 0.25) is 5.91 Å². The summed E-state index contributed by atoms with van der Waals surface area (Å²) >= 11 is 0. The number of amides is 1. The molecule has 0 bridgehead atoms. The lowest BCUT2D eigenvalue weighted by Gasteiger charge is -2.30. The molecule has 2 aliphatic rings. The molecule has 35 heavy (non-hydrogen) atoms. The van der Waals surface area contributed by atoms with Crippen LogP contribution in [0, 0.1) is 12.8 Å². The summed E-state index contributed by atoms with van der Waals surface area (Å²) in [6.45, 7) is 4.82. The first kappa shape index (κ1) is 25.8. The second-order valence-electron chi connectivity index (χ2n) is 10.8. The van der Waals surface area contributed by atoms with Gasteiger partial charge in [0.1, 0.15) is 0 Å². The fraction of sp³-hybridized carbons (Fsp3) is 0.500. The van der Waals surface area contributed by atoms with E-state index in [1.165, 1.54) is 65.4 Å². The minimum atomic E-state index is 0. The molecule has 1 amide bonds. The number of aryl methyl sites for hydroxylation is 1. The number of hydrogen-bond donors (Lipinski definition) is 2. The van der Waals surface area contributed by atoms with Gasteiger partial charge in [0, 0.05) is 36.5 Å². The summed E-state index contributed by atoms with van der Waals surface area (Å²) in [5.74, 6) is 1.17. The number of benzene rings is 2. The summed E-state index contributed by atoms with van der Waals surface area (Å²) in [6, 6.07) is 15.8. The van der Waals surface area contributed by atoms with Crippen LogP contribution in [0.3, 0.4) is 0 Å². The number of halogens is 1. The number of nitrogens with two attached hydrogens (primary N) is 1. The van der Waals surface area contributed by atoms with Gasteiger partial charge in [0.15, 0.2) is 0 Å². The van der Waals surface area contributed by atoms with Crippen LogP contribution >= 0.6 is 12.4 Å². The Kier molecular flexibility index (Phi) is 8.23. The molecule has 5 heteroatoms. The molecule has 1 heterocycles. The second kappa shape index (κ2) is 11.2. The molecule has 0 aliphatic heterocycles. The lowest BCUT2D eigenvalue weighted by atomic mass is 9.83. The molecule has 2 aromatic carbocycles. The first-order valence-corrected chi connectivity index (χ1v) is 13.3. The molecule has 0 radical (unpaired) electrons. The molecule has 2 saturated carbocycles. The molecule has 0 unspecified atom stereocenters. The molecule has 0 atom stereocenters. The van der Waals surface area contributed by atoms with Crippen molar-refractivity contribution in [3.05, 3.63) is 53.7 Å². The van der Waals surface area contributed by atoms with Crippen molar-refractivity contribution in [1.82, 2.24) is 4.57 Å². The molecule has 0 spiro atoms. The number of nitrogens with one attached hydrogen (secondary N) is 1. The van der Waals surface area contributed by atoms with E-state index in [0.717, 1.165) is 43.8 Å². The van der Waals surface area contributed by atoms with E-state index < -0.39 is 0 Å². The van der Waals surface area contributed by atoms with Crippen LogP contribution in [0.15, 0.2) is 42.5 Å². The molecular weight excluding hydrogens is 454 g/mol. The zero-order chi connectivity index (χ0) is 23.7. The Balaban J connectivity index is 0.00000289. The highest BCUT2D eigenvalue weighted by Gasteiger charge is 2.29. The van der Waals surface area contributed by atoms with E-state index in [1.54, 1.807) is 6.92 Å². The Hall–Kier alpha value is -2.30. The largest absolute Gasteiger partial charge is 0.342 e. The highest BCUT2D eigenvalue weighted by Crippen LogP contribution is 2.44. The standard InChI is InChI=1S/C30H39N3O.ClH/c1-20-7-6-10-24(17-20)25-13-16-28-27(18-25)29(32-21(2)34)30(23-11-14-26(31)15-12-23)33(28)19-22-8-4-3-5-9-22;/h6-7,10,13,16-18,22-23,26H,3-5,8-9,11-12,14-15,19,31H2,1-2H3,(H,32,34);1H. The van der Waals surface area contributed by atoms with Crippen molar-refractivity contribution in [2.45, 2.75) is 90.1 Å². The summed E-state index contributed by atoms with van der Waals surface area (Å²) < 4.78 is 2.58.